The zero-order valence-corrected chi connectivity index (χ0v) is 16.4. The van der Waals surface area contributed by atoms with E-state index in [1.807, 2.05) is 19.2 Å². The zero-order chi connectivity index (χ0) is 18.9. The van der Waals surface area contributed by atoms with Crippen molar-refractivity contribution >= 4 is 5.96 Å². The Morgan fingerprint density at radius 1 is 1.26 bits per heavy atom. The molecule has 0 amide bonds. The highest BCUT2D eigenvalue weighted by Crippen LogP contribution is 2.25. The predicted octanol–water partition coefficient (Wildman–Crippen LogP) is 2.92. The second kappa shape index (κ2) is 10.1. The molecule has 1 atom stereocenters. The van der Waals surface area contributed by atoms with Crippen LogP contribution in [0.3, 0.4) is 0 Å². The average Bonchev–Trinajstić information content (AvgIpc) is 3.38. The summed E-state index contributed by atoms with van der Waals surface area (Å²) >= 11 is 0. The standard InChI is InChI=1S/C21H31N5O/c1-3-22-21(23-11-10-18-9-8-17(2)24-15-18)25-16-19(20-7-6-14-27-20)26-12-4-5-13-26/h6-9,14-15,19H,3-5,10-13,16H2,1-2H3,(H2,22,23,25). The molecule has 3 rings (SSSR count). The summed E-state index contributed by atoms with van der Waals surface area (Å²) in [5.41, 5.74) is 2.28. The molecular weight excluding hydrogens is 338 g/mol. The molecule has 146 valence electrons. The molecule has 6 heteroatoms. The summed E-state index contributed by atoms with van der Waals surface area (Å²) in [6.45, 7) is 8.68. The zero-order valence-electron chi connectivity index (χ0n) is 16.4. The first-order valence-electron chi connectivity index (χ1n) is 9.97. The molecule has 3 heterocycles. The highest BCUT2D eigenvalue weighted by atomic mass is 16.3. The monoisotopic (exact) mass is 369 g/mol. The van der Waals surface area contributed by atoms with Crippen molar-refractivity contribution in [3.8, 4) is 0 Å². The average molecular weight is 370 g/mol. The topological polar surface area (TPSA) is 65.7 Å². The van der Waals surface area contributed by atoms with E-state index < -0.39 is 0 Å². The van der Waals surface area contributed by atoms with E-state index in [-0.39, 0.29) is 6.04 Å². The summed E-state index contributed by atoms with van der Waals surface area (Å²) in [7, 11) is 0. The molecule has 1 saturated heterocycles. The lowest BCUT2D eigenvalue weighted by Crippen LogP contribution is -2.39. The molecule has 1 aliphatic rings. The van der Waals surface area contributed by atoms with Crippen molar-refractivity contribution in [2.45, 2.75) is 39.2 Å². The smallest absolute Gasteiger partial charge is 0.191 e. The SMILES string of the molecule is CCNC(=NCC(c1ccco1)N1CCCC1)NCCc1ccc(C)nc1. The Balaban J connectivity index is 1.58. The highest BCUT2D eigenvalue weighted by molar-refractivity contribution is 5.79. The van der Waals surface area contributed by atoms with Crippen molar-refractivity contribution in [2.75, 3.05) is 32.7 Å². The summed E-state index contributed by atoms with van der Waals surface area (Å²) in [6, 6.07) is 8.41. The summed E-state index contributed by atoms with van der Waals surface area (Å²) in [6.07, 6.45) is 7.13. The molecule has 27 heavy (non-hydrogen) atoms. The van der Waals surface area contributed by atoms with Crippen LogP contribution in [0, 0.1) is 6.92 Å². The maximum atomic E-state index is 5.69. The Hall–Kier alpha value is -2.34. The first kappa shape index (κ1) is 19.4. The van der Waals surface area contributed by atoms with Gasteiger partial charge in [-0.05, 0) is 70.0 Å². The minimum atomic E-state index is 0.208. The van der Waals surface area contributed by atoms with Gasteiger partial charge >= 0.3 is 0 Å². The van der Waals surface area contributed by atoms with Crippen LogP contribution in [0.4, 0.5) is 0 Å². The second-order valence-electron chi connectivity index (χ2n) is 6.98. The summed E-state index contributed by atoms with van der Waals surface area (Å²) in [4.78, 5) is 11.7. The van der Waals surface area contributed by atoms with Gasteiger partial charge in [-0.3, -0.25) is 14.9 Å². The molecule has 1 aliphatic heterocycles. The number of nitrogens with zero attached hydrogens (tertiary/aromatic N) is 3. The van der Waals surface area contributed by atoms with Crippen LogP contribution in [0.2, 0.25) is 0 Å². The van der Waals surface area contributed by atoms with Gasteiger partial charge in [0.15, 0.2) is 5.96 Å². The van der Waals surface area contributed by atoms with Gasteiger partial charge in [0.25, 0.3) is 0 Å². The fourth-order valence-corrected chi connectivity index (χ4v) is 3.41. The largest absolute Gasteiger partial charge is 0.468 e. The summed E-state index contributed by atoms with van der Waals surface area (Å²) < 4.78 is 5.69. The Kier molecular flexibility index (Phi) is 7.27. The molecule has 1 unspecified atom stereocenters. The van der Waals surface area contributed by atoms with Crippen LogP contribution < -0.4 is 10.6 Å². The van der Waals surface area contributed by atoms with Gasteiger partial charge in [0.05, 0.1) is 18.8 Å². The molecule has 6 nitrogen and oxygen atoms in total. The fourth-order valence-electron chi connectivity index (χ4n) is 3.41. The quantitative estimate of drug-likeness (QED) is 0.553. The molecule has 2 N–H and O–H groups in total. The van der Waals surface area contributed by atoms with Crippen LogP contribution in [-0.2, 0) is 6.42 Å². The third kappa shape index (κ3) is 5.82. The molecule has 0 bridgehead atoms. The van der Waals surface area contributed by atoms with Gasteiger partial charge in [-0.1, -0.05) is 6.07 Å². The van der Waals surface area contributed by atoms with E-state index >= 15 is 0 Å². The Labute approximate surface area is 162 Å². The van der Waals surface area contributed by atoms with E-state index in [1.165, 1.54) is 18.4 Å². The van der Waals surface area contributed by atoms with Gasteiger partial charge in [-0.25, -0.2) is 0 Å². The van der Waals surface area contributed by atoms with E-state index in [0.717, 1.165) is 50.0 Å². The minimum Gasteiger partial charge on any atom is -0.468 e. The van der Waals surface area contributed by atoms with E-state index in [0.29, 0.717) is 6.54 Å². The van der Waals surface area contributed by atoms with Gasteiger partial charge in [0.1, 0.15) is 5.76 Å². The number of pyridine rings is 1. The Morgan fingerprint density at radius 2 is 2.11 bits per heavy atom. The summed E-state index contributed by atoms with van der Waals surface area (Å²) in [5, 5.41) is 6.78. The van der Waals surface area contributed by atoms with Crippen LogP contribution >= 0.6 is 0 Å². The van der Waals surface area contributed by atoms with Crippen LogP contribution in [-0.4, -0.2) is 48.6 Å². The van der Waals surface area contributed by atoms with E-state index in [2.05, 4.69) is 45.6 Å². The number of rotatable bonds is 8. The second-order valence-corrected chi connectivity index (χ2v) is 6.98. The number of likely N-dealkylation sites (tertiary alicyclic amines) is 1. The van der Waals surface area contributed by atoms with Gasteiger partial charge in [0, 0.05) is 25.0 Å². The number of aromatic nitrogens is 1. The number of furan rings is 1. The number of hydrogen-bond donors (Lipinski definition) is 2. The number of aliphatic imine (C=N–C) groups is 1. The van der Waals surface area contributed by atoms with Crippen LogP contribution in [0.5, 0.6) is 0 Å². The normalized spacial score (nSPS) is 16.4. The predicted molar refractivity (Wildman–Crippen MR) is 109 cm³/mol. The van der Waals surface area contributed by atoms with E-state index in [1.54, 1.807) is 6.26 Å². The van der Waals surface area contributed by atoms with Crippen molar-refractivity contribution in [3.05, 3.63) is 53.7 Å². The van der Waals surface area contributed by atoms with Crippen molar-refractivity contribution in [1.82, 2.24) is 20.5 Å². The lowest BCUT2D eigenvalue weighted by atomic mass is 10.2. The number of aryl methyl sites for hydroxylation is 1. The number of hydrogen-bond acceptors (Lipinski definition) is 4. The van der Waals surface area contributed by atoms with Crippen molar-refractivity contribution in [2.24, 2.45) is 4.99 Å². The Morgan fingerprint density at radius 3 is 2.78 bits per heavy atom. The third-order valence-electron chi connectivity index (χ3n) is 4.90. The lowest BCUT2D eigenvalue weighted by molar-refractivity contribution is 0.221. The number of guanidine groups is 1. The summed E-state index contributed by atoms with van der Waals surface area (Å²) in [5.74, 6) is 1.86. The Bertz CT molecular complexity index is 690. The maximum absolute atomic E-state index is 5.69. The highest BCUT2D eigenvalue weighted by Gasteiger charge is 2.25. The first-order valence-corrected chi connectivity index (χ1v) is 9.97. The van der Waals surface area contributed by atoms with Crippen molar-refractivity contribution < 1.29 is 4.42 Å². The maximum Gasteiger partial charge on any atom is 0.191 e. The number of nitrogens with one attached hydrogen (secondary N) is 2. The first-order chi connectivity index (χ1) is 13.3. The van der Waals surface area contributed by atoms with Crippen LogP contribution in [0.25, 0.3) is 0 Å². The molecule has 0 spiro atoms. The van der Waals surface area contributed by atoms with Crippen LogP contribution in [0.1, 0.15) is 42.8 Å². The van der Waals surface area contributed by atoms with E-state index in [4.69, 9.17) is 9.41 Å². The molecule has 0 aromatic carbocycles. The molecule has 2 aromatic heterocycles. The molecule has 0 radical (unpaired) electrons. The van der Waals surface area contributed by atoms with Gasteiger partial charge in [-0.15, -0.1) is 0 Å². The minimum absolute atomic E-state index is 0.208. The molecule has 2 aromatic rings. The van der Waals surface area contributed by atoms with Crippen molar-refractivity contribution in [1.29, 1.82) is 0 Å². The third-order valence-corrected chi connectivity index (χ3v) is 4.90. The van der Waals surface area contributed by atoms with E-state index in [9.17, 15) is 0 Å². The van der Waals surface area contributed by atoms with Crippen molar-refractivity contribution in [3.63, 3.8) is 0 Å². The fraction of sp³-hybridized carbons (Fsp3) is 0.524. The molecular formula is C21H31N5O. The molecule has 1 fully saturated rings. The van der Waals surface area contributed by atoms with Gasteiger partial charge in [0.2, 0.25) is 0 Å². The lowest BCUT2D eigenvalue weighted by Gasteiger charge is -2.24. The molecule has 0 saturated carbocycles. The van der Waals surface area contributed by atoms with Crippen LogP contribution in [0.15, 0.2) is 46.1 Å². The van der Waals surface area contributed by atoms with Gasteiger partial charge < -0.3 is 15.1 Å². The van der Waals surface area contributed by atoms with Gasteiger partial charge in [-0.2, -0.15) is 0 Å². The molecule has 0 aliphatic carbocycles.